The highest BCUT2D eigenvalue weighted by atomic mass is 16.1. The lowest BCUT2D eigenvalue weighted by atomic mass is 10.4. The van der Waals surface area contributed by atoms with Gasteiger partial charge in [-0.3, -0.25) is 4.79 Å². The summed E-state index contributed by atoms with van der Waals surface area (Å²) in [5.74, 6) is 0.255. The number of rotatable bonds is 2. The SMILES string of the molecule is C=C(C)C=O.CCC(C)=O. The molecule has 0 atom stereocenters. The van der Waals surface area contributed by atoms with Gasteiger partial charge in [-0.2, -0.15) is 0 Å². The van der Waals surface area contributed by atoms with E-state index >= 15 is 0 Å². The maximum atomic E-state index is 9.81. The zero-order chi connectivity index (χ0) is 8.57. The molecule has 0 aliphatic carbocycles. The number of Topliss-reactive ketones (excluding diaryl/α,β-unsaturated/α-hetero) is 1. The minimum Gasteiger partial charge on any atom is -0.300 e. The van der Waals surface area contributed by atoms with Crippen LogP contribution in [0.3, 0.4) is 0 Å². The fourth-order valence-electron chi connectivity index (χ4n) is 0. The average Bonchev–Trinajstić information content (AvgIpc) is 1.89. The van der Waals surface area contributed by atoms with Crippen LogP contribution in [0.1, 0.15) is 27.2 Å². The largest absolute Gasteiger partial charge is 0.300 e. The molecule has 0 aliphatic heterocycles. The minimum atomic E-state index is 0.255. The number of carbonyl (C=O) groups excluding carboxylic acids is 2. The molecule has 0 saturated heterocycles. The summed E-state index contributed by atoms with van der Waals surface area (Å²) in [7, 11) is 0. The molecule has 0 radical (unpaired) electrons. The molecule has 0 bridgehead atoms. The van der Waals surface area contributed by atoms with E-state index in [1.54, 1.807) is 13.8 Å². The Morgan fingerprint density at radius 2 is 1.70 bits per heavy atom. The summed E-state index contributed by atoms with van der Waals surface area (Å²) < 4.78 is 0. The van der Waals surface area contributed by atoms with Gasteiger partial charge in [0.25, 0.3) is 0 Å². The third-order valence-electron chi connectivity index (χ3n) is 0.699. The van der Waals surface area contributed by atoms with Crippen molar-refractivity contribution in [2.75, 3.05) is 0 Å². The molecule has 58 valence electrons. The van der Waals surface area contributed by atoms with Crippen LogP contribution >= 0.6 is 0 Å². The number of allylic oxidation sites excluding steroid dienone is 1. The van der Waals surface area contributed by atoms with Crippen LogP contribution in [-0.4, -0.2) is 12.1 Å². The maximum Gasteiger partial charge on any atom is 0.145 e. The van der Waals surface area contributed by atoms with Crippen LogP contribution in [0.2, 0.25) is 0 Å². The van der Waals surface area contributed by atoms with Crippen molar-refractivity contribution < 1.29 is 9.59 Å². The Balaban J connectivity index is 0. The van der Waals surface area contributed by atoms with Crippen molar-refractivity contribution in [3.8, 4) is 0 Å². The van der Waals surface area contributed by atoms with Crippen molar-refractivity contribution in [2.24, 2.45) is 0 Å². The van der Waals surface area contributed by atoms with Crippen molar-refractivity contribution in [1.29, 1.82) is 0 Å². The molecule has 0 aromatic rings. The molecular formula is C8H14O2. The molecule has 0 spiro atoms. The van der Waals surface area contributed by atoms with E-state index < -0.39 is 0 Å². The monoisotopic (exact) mass is 142 g/mol. The van der Waals surface area contributed by atoms with E-state index in [9.17, 15) is 9.59 Å². The fourth-order valence-corrected chi connectivity index (χ4v) is 0. The highest BCUT2D eigenvalue weighted by molar-refractivity contribution is 5.74. The summed E-state index contributed by atoms with van der Waals surface area (Å²) in [6.45, 7) is 8.40. The van der Waals surface area contributed by atoms with Gasteiger partial charge in [-0.05, 0) is 19.4 Å². The van der Waals surface area contributed by atoms with Crippen molar-refractivity contribution in [3.05, 3.63) is 12.2 Å². The average molecular weight is 142 g/mol. The molecule has 2 heteroatoms. The third-order valence-corrected chi connectivity index (χ3v) is 0.699. The molecule has 0 aliphatic rings. The third kappa shape index (κ3) is 27.6. The van der Waals surface area contributed by atoms with Crippen molar-refractivity contribution >= 4 is 12.1 Å². The second kappa shape index (κ2) is 8.08. The molecule has 2 nitrogen and oxygen atoms in total. The first-order chi connectivity index (χ1) is 4.54. The van der Waals surface area contributed by atoms with Crippen molar-refractivity contribution in [2.45, 2.75) is 27.2 Å². The zero-order valence-corrected chi connectivity index (χ0v) is 6.81. The molecule has 0 fully saturated rings. The smallest absolute Gasteiger partial charge is 0.145 e. The van der Waals surface area contributed by atoms with E-state index in [1.165, 1.54) is 0 Å². The predicted octanol–water partition coefficient (Wildman–Crippen LogP) is 1.75. The van der Waals surface area contributed by atoms with Crippen molar-refractivity contribution in [3.63, 3.8) is 0 Å². The molecule has 0 aromatic heterocycles. The quantitative estimate of drug-likeness (QED) is 0.434. The summed E-state index contributed by atoms with van der Waals surface area (Å²) in [4.78, 5) is 19.2. The Morgan fingerprint density at radius 3 is 1.70 bits per heavy atom. The maximum absolute atomic E-state index is 9.81. The van der Waals surface area contributed by atoms with Gasteiger partial charge >= 0.3 is 0 Å². The Bertz CT molecular complexity index is 125. The molecule has 0 aromatic carbocycles. The summed E-state index contributed by atoms with van der Waals surface area (Å²) >= 11 is 0. The number of ketones is 1. The van der Waals surface area contributed by atoms with Crippen LogP contribution in [0, 0.1) is 0 Å². The van der Waals surface area contributed by atoms with Gasteiger partial charge in [0.1, 0.15) is 12.1 Å². The Hall–Kier alpha value is -0.920. The number of carbonyl (C=O) groups is 2. The van der Waals surface area contributed by atoms with E-state index in [1.807, 2.05) is 6.92 Å². The molecule has 0 heterocycles. The van der Waals surface area contributed by atoms with Gasteiger partial charge < -0.3 is 4.79 Å². The van der Waals surface area contributed by atoms with Crippen LogP contribution in [0.4, 0.5) is 0 Å². The standard InChI is InChI=1S/C4H6O.C4H8O/c1-4(2)3-5;1-3-4(2)5/h3H,1H2,2H3;3H2,1-2H3. The van der Waals surface area contributed by atoms with Crippen LogP contribution in [0.15, 0.2) is 12.2 Å². The van der Waals surface area contributed by atoms with Crippen LogP contribution in [0.5, 0.6) is 0 Å². The van der Waals surface area contributed by atoms with E-state index in [-0.39, 0.29) is 5.78 Å². The van der Waals surface area contributed by atoms with E-state index in [4.69, 9.17) is 0 Å². The summed E-state index contributed by atoms with van der Waals surface area (Å²) in [5.41, 5.74) is 0.574. The normalized spacial score (nSPS) is 7.10. The summed E-state index contributed by atoms with van der Waals surface area (Å²) in [6, 6.07) is 0. The molecule has 10 heavy (non-hydrogen) atoms. The van der Waals surface area contributed by atoms with Crippen LogP contribution in [0.25, 0.3) is 0 Å². The molecule has 0 amide bonds. The van der Waals surface area contributed by atoms with Gasteiger partial charge in [0, 0.05) is 6.42 Å². The lowest BCUT2D eigenvalue weighted by molar-refractivity contribution is -0.116. The van der Waals surface area contributed by atoms with Gasteiger partial charge in [0.15, 0.2) is 0 Å². The number of hydrogen-bond acceptors (Lipinski definition) is 2. The number of aldehydes is 1. The summed E-state index contributed by atoms with van der Waals surface area (Å²) in [5, 5.41) is 0. The Kier molecular flexibility index (Phi) is 9.56. The Morgan fingerprint density at radius 1 is 1.50 bits per heavy atom. The first-order valence-corrected chi connectivity index (χ1v) is 3.14. The van der Waals surface area contributed by atoms with E-state index in [2.05, 4.69) is 6.58 Å². The van der Waals surface area contributed by atoms with E-state index in [0.717, 1.165) is 6.29 Å². The number of hydrogen-bond donors (Lipinski definition) is 0. The topological polar surface area (TPSA) is 34.1 Å². The van der Waals surface area contributed by atoms with Gasteiger partial charge in [-0.15, -0.1) is 0 Å². The second-order valence-corrected chi connectivity index (χ2v) is 2.02. The van der Waals surface area contributed by atoms with Gasteiger partial charge in [-0.25, -0.2) is 0 Å². The highest BCUT2D eigenvalue weighted by Crippen LogP contribution is 1.71. The lowest BCUT2D eigenvalue weighted by Gasteiger charge is -1.71. The summed E-state index contributed by atoms with van der Waals surface area (Å²) in [6.07, 6.45) is 1.39. The molecule has 0 N–H and O–H groups in total. The Labute approximate surface area is 61.9 Å². The van der Waals surface area contributed by atoms with Gasteiger partial charge in [-0.1, -0.05) is 13.5 Å². The van der Waals surface area contributed by atoms with Crippen molar-refractivity contribution in [1.82, 2.24) is 0 Å². The molecule has 0 unspecified atom stereocenters. The first kappa shape index (κ1) is 11.8. The van der Waals surface area contributed by atoms with Crippen LogP contribution in [-0.2, 0) is 9.59 Å². The first-order valence-electron chi connectivity index (χ1n) is 3.14. The van der Waals surface area contributed by atoms with Crippen LogP contribution < -0.4 is 0 Å². The predicted molar refractivity (Wildman–Crippen MR) is 41.9 cm³/mol. The highest BCUT2D eigenvalue weighted by Gasteiger charge is 1.76. The molecular weight excluding hydrogens is 128 g/mol. The van der Waals surface area contributed by atoms with E-state index in [0.29, 0.717) is 12.0 Å². The van der Waals surface area contributed by atoms with Gasteiger partial charge in [0.2, 0.25) is 0 Å². The second-order valence-electron chi connectivity index (χ2n) is 2.02. The van der Waals surface area contributed by atoms with Gasteiger partial charge in [0.05, 0.1) is 0 Å². The molecule has 0 rings (SSSR count). The molecule has 0 saturated carbocycles. The fraction of sp³-hybridized carbons (Fsp3) is 0.500. The zero-order valence-electron chi connectivity index (χ0n) is 6.81. The lowest BCUT2D eigenvalue weighted by Crippen LogP contribution is -1.80. The minimum absolute atomic E-state index is 0.255.